The molecule has 0 radical (unpaired) electrons. The number of fused-ring (bicyclic) bond motifs is 8. The summed E-state index contributed by atoms with van der Waals surface area (Å²) in [5, 5.41) is 20.0. The molecule has 5 aromatic carbocycles. The molecule has 4 heterocycles. The first-order valence-electron chi connectivity index (χ1n) is 26.4. The Morgan fingerprint density at radius 1 is 0.658 bits per heavy atom. The van der Waals surface area contributed by atoms with E-state index in [-0.39, 0.29) is 61.5 Å². The lowest BCUT2D eigenvalue weighted by atomic mass is 9.97. The van der Waals surface area contributed by atoms with Crippen molar-refractivity contribution in [1.82, 2.24) is 10.6 Å². The zero-order chi connectivity index (χ0) is 53.8. The van der Waals surface area contributed by atoms with Crippen molar-refractivity contribution in [1.29, 1.82) is 0 Å². The van der Waals surface area contributed by atoms with Crippen molar-refractivity contribution in [3.63, 3.8) is 0 Å². The van der Waals surface area contributed by atoms with Gasteiger partial charge in [0.05, 0.1) is 26.4 Å². The van der Waals surface area contributed by atoms with E-state index >= 15 is 0 Å². The van der Waals surface area contributed by atoms with Crippen LogP contribution in [0.15, 0.2) is 91.0 Å². The molecule has 5 aromatic rings. The van der Waals surface area contributed by atoms with Crippen LogP contribution in [0.3, 0.4) is 0 Å². The molecule has 16 nitrogen and oxygen atoms in total. The van der Waals surface area contributed by atoms with E-state index in [1.54, 1.807) is 56.0 Å². The van der Waals surface area contributed by atoms with Crippen LogP contribution in [-0.4, -0.2) is 84.9 Å². The molecule has 0 aliphatic carbocycles. The predicted octanol–water partition coefficient (Wildman–Crippen LogP) is 7.99. The van der Waals surface area contributed by atoms with E-state index in [2.05, 4.69) is 22.0 Å². The summed E-state index contributed by atoms with van der Waals surface area (Å²) in [7, 11) is 3.03. The molecule has 1 unspecified atom stereocenters. The van der Waals surface area contributed by atoms with Crippen molar-refractivity contribution in [3.8, 4) is 23.0 Å². The summed E-state index contributed by atoms with van der Waals surface area (Å²) >= 11 is 0. The maximum atomic E-state index is 14.2. The highest BCUT2D eigenvalue weighted by Crippen LogP contribution is 2.43. The van der Waals surface area contributed by atoms with Gasteiger partial charge >= 0.3 is 0 Å². The van der Waals surface area contributed by atoms with E-state index < -0.39 is 36.0 Å². The smallest absolute Gasteiger partial charge is 0.259 e. The maximum absolute atomic E-state index is 14.2. The van der Waals surface area contributed by atoms with Gasteiger partial charge in [-0.05, 0) is 139 Å². The third kappa shape index (κ3) is 11.3. The fourth-order valence-electron chi connectivity index (χ4n) is 10.9. The number of hydrogen-bond acceptors (Lipinski definition) is 11. The average molecular weight is 1030 g/mol. The Morgan fingerprint density at radius 3 is 1.87 bits per heavy atom. The zero-order valence-electron chi connectivity index (χ0n) is 44.0. The molecule has 0 saturated heterocycles. The van der Waals surface area contributed by atoms with E-state index in [0.717, 1.165) is 40.9 Å². The second kappa shape index (κ2) is 23.0. The van der Waals surface area contributed by atoms with Crippen molar-refractivity contribution >= 4 is 52.4 Å². The fourth-order valence-corrected chi connectivity index (χ4v) is 10.9. The quantitative estimate of drug-likeness (QED) is 0.0551. The van der Waals surface area contributed by atoms with Crippen molar-refractivity contribution in [2.24, 2.45) is 5.92 Å². The Hall–Kier alpha value is -7.72. The van der Waals surface area contributed by atoms with Gasteiger partial charge in [0, 0.05) is 59.9 Å². The SMILES string of the molecule is CCC(=O)CCCCC(=O)N[C@H](C(=O)N[C@@H](C)C(=O)Nc1cc(COc2cc3c(cc2OC)C(=O)N2c4ccccc4C[C@H]2CC3)cc(COc2cc3c(cc2OC)C(=O)N2c4ccccc4C[C@H]2C(O)C3)c1)C(C)C. The fraction of sp³-hybridized carbons (Fsp3) is 0.400. The van der Waals surface area contributed by atoms with Gasteiger partial charge in [-0.3, -0.25) is 28.8 Å². The highest BCUT2D eigenvalue weighted by atomic mass is 16.5. The lowest BCUT2D eigenvalue weighted by Crippen LogP contribution is -2.53. The lowest BCUT2D eigenvalue weighted by molar-refractivity contribution is -0.131. The van der Waals surface area contributed by atoms with Gasteiger partial charge in [0.2, 0.25) is 17.7 Å². The van der Waals surface area contributed by atoms with E-state index in [1.807, 2.05) is 66.4 Å². The minimum absolute atomic E-state index is 0.0157. The van der Waals surface area contributed by atoms with Crippen molar-refractivity contribution in [2.45, 2.75) is 135 Å². The van der Waals surface area contributed by atoms with Crippen LogP contribution in [-0.2, 0) is 58.1 Å². The Labute approximate surface area is 443 Å². The van der Waals surface area contributed by atoms with Crippen LogP contribution in [0.4, 0.5) is 17.1 Å². The van der Waals surface area contributed by atoms with Gasteiger partial charge in [0.1, 0.15) is 31.1 Å². The first-order chi connectivity index (χ1) is 36.6. The number of nitrogens with one attached hydrogen (secondary N) is 3. The number of unbranched alkanes of at least 4 members (excludes halogenated alkanes) is 1. The minimum Gasteiger partial charge on any atom is -0.493 e. The second-order valence-electron chi connectivity index (χ2n) is 20.6. The van der Waals surface area contributed by atoms with Gasteiger partial charge < -0.3 is 49.8 Å². The van der Waals surface area contributed by atoms with E-state index in [1.165, 1.54) is 14.2 Å². The number of aliphatic hydroxyl groups is 1. The Kier molecular flexibility index (Phi) is 16.1. The Morgan fingerprint density at radius 2 is 1.24 bits per heavy atom. The molecule has 0 bridgehead atoms. The molecule has 398 valence electrons. The molecule has 16 heteroatoms. The number of aryl methyl sites for hydroxylation is 1. The van der Waals surface area contributed by atoms with Crippen LogP contribution in [0.2, 0.25) is 0 Å². The number of amides is 5. The number of rotatable bonds is 20. The van der Waals surface area contributed by atoms with Crippen LogP contribution in [0.25, 0.3) is 0 Å². The third-order valence-electron chi connectivity index (χ3n) is 15.0. The number of ether oxygens (including phenoxy) is 4. The van der Waals surface area contributed by atoms with E-state index in [4.69, 9.17) is 18.9 Å². The molecule has 5 amide bonds. The van der Waals surface area contributed by atoms with E-state index in [0.29, 0.717) is 95.0 Å². The summed E-state index contributed by atoms with van der Waals surface area (Å²) in [5.74, 6) is -0.310. The number of carbonyl (C=O) groups is 6. The first kappa shape index (κ1) is 53.1. The van der Waals surface area contributed by atoms with Crippen molar-refractivity contribution in [3.05, 3.63) is 136 Å². The maximum Gasteiger partial charge on any atom is 0.259 e. The highest BCUT2D eigenvalue weighted by Gasteiger charge is 2.42. The normalized spacial score (nSPS) is 17.9. The van der Waals surface area contributed by atoms with Crippen LogP contribution in [0.5, 0.6) is 23.0 Å². The summed E-state index contributed by atoms with van der Waals surface area (Å²) in [6.45, 7) is 6.97. The van der Waals surface area contributed by atoms with Gasteiger partial charge in [0.15, 0.2) is 23.0 Å². The summed E-state index contributed by atoms with van der Waals surface area (Å²) in [4.78, 5) is 84.1. The monoisotopic (exact) mass is 1030 g/mol. The van der Waals surface area contributed by atoms with Gasteiger partial charge in [-0.2, -0.15) is 0 Å². The summed E-state index contributed by atoms with van der Waals surface area (Å²) < 4.78 is 24.6. The largest absolute Gasteiger partial charge is 0.493 e. The van der Waals surface area contributed by atoms with Gasteiger partial charge in [-0.15, -0.1) is 0 Å². The summed E-state index contributed by atoms with van der Waals surface area (Å²) in [6.07, 6.45) is 4.27. The van der Waals surface area contributed by atoms with Crippen LogP contribution in [0, 0.1) is 5.92 Å². The minimum atomic E-state index is -1.02. The number of methoxy groups -OCH3 is 2. The van der Waals surface area contributed by atoms with Crippen LogP contribution < -0.4 is 44.7 Å². The second-order valence-corrected chi connectivity index (χ2v) is 20.6. The van der Waals surface area contributed by atoms with Crippen molar-refractivity contribution < 1.29 is 52.8 Å². The predicted molar refractivity (Wildman–Crippen MR) is 287 cm³/mol. The Bertz CT molecular complexity index is 3060. The molecule has 0 saturated carbocycles. The number of Topliss-reactive ketones (excluding diaryl/α,β-unsaturated/α-hetero) is 1. The first-order valence-corrected chi connectivity index (χ1v) is 26.4. The molecule has 4 aliphatic heterocycles. The molecule has 4 N–H and O–H groups in total. The Balaban J connectivity index is 0.947. The summed E-state index contributed by atoms with van der Waals surface area (Å²) in [5.41, 5.74) is 7.97. The molecule has 0 spiro atoms. The van der Waals surface area contributed by atoms with Crippen LogP contribution >= 0.6 is 0 Å². The van der Waals surface area contributed by atoms with Crippen LogP contribution in [0.1, 0.15) is 120 Å². The number of aliphatic hydroxyl groups excluding tert-OH is 1. The molecular formula is C60H67N5O11. The topological polar surface area (TPSA) is 202 Å². The molecule has 0 fully saturated rings. The summed E-state index contributed by atoms with van der Waals surface area (Å²) in [6, 6.07) is 25.8. The number of para-hydroxylation sites is 2. The molecule has 5 atom stereocenters. The lowest BCUT2D eigenvalue weighted by Gasteiger charge is -2.26. The number of carbonyl (C=O) groups excluding carboxylic acids is 6. The van der Waals surface area contributed by atoms with E-state index in [9.17, 15) is 33.9 Å². The van der Waals surface area contributed by atoms with Gasteiger partial charge in [-0.25, -0.2) is 0 Å². The number of nitrogens with zero attached hydrogens (tertiary/aromatic N) is 2. The third-order valence-corrected chi connectivity index (χ3v) is 15.0. The van der Waals surface area contributed by atoms with Gasteiger partial charge in [0.25, 0.3) is 11.8 Å². The molecule has 76 heavy (non-hydrogen) atoms. The number of hydrogen-bond donors (Lipinski definition) is 4. The standard InChI is InChI=1S/C60H67N5O11/c1-7-44(66)16-10-13-19-55(68)63-56(34(2)3)58(70)61-35(4)57(69)62-42-23-36(32-75-53-28-38-20-21-43-25-39-14-8-11-17-47(39)64(43)59(71)45(38)30-51(53)73-5)22-37(24-42)33-76-54-29-41-27-50(67)49-26-40-15-9-12-18-48(40)65(49)60(72)46(41)31-52(54)74-6/h8-9,11-12,14-15,17-18,22-24,28-31,34-35,43,49-50,56,67H,7,10,13,16,19-21,25-27,32-33H2,1-6H3,(H,61,70)(H,62,69)(H,63,68)/t35-,43+,49-,50?,56-/m0/s1. The number of anilines is 3. The van der Waals surface area contributed by atoms with Gasteiger partial charge in [-0.1, -0.05) is 57.2 Å². The zero-order valence-corrected chi connectivity index (χ0v) is 44.0. The molecular weight excluding hydrogens is 967 g/mol. The molecule has 0 aromatic heterocycles. The molecule has 9 rings (SSSR count). The average Bonchev–Trinajstić information content (AvgIpc) is 3.96. The molecule has 4 aliphatic rings. The highest BCUT2D eigenvalue weighted by molar-refractivity contribution is 6.10. The number of benzene rings is 5. The van der Waals surface area contributed by atoms with Crippen molar-refractivity contribution in [2.75, 3.05) is 29.3 Å². The number of ketones is 1.